The number of benzene rings is 1. The van der Waals surface area contributed by atoms with Crippen molar-refractivity contribution in [2.75, 3.05) is 10.2 Å². The number of nitrogens with zero attached hydrogens (tertiary/aromatic N) is 3. The van der Waals surface area contributed by atoms with Crippen LogP contribution in [0.15, 0.2) is 41.8 Å². The SMILES string of the molecule is Cc1ccc(N2C(=O)C[C@H](C(=O)Nc3nnc(C)s3)[C@H]2c2cccs2)cc1. The Bertz CT molecular complexity index is 966. The minimum Gasteiger partial charge on any atom is -0.303 e. The maximum atomic E-state index is 13.0. The quantitative estimate of drug-likeness (QED) is 0.722. The number of carbonyl (C=O) groups excluding carboxylic acids is 2. The Morgan fingerprint density at radius 2 is 1.96 bits per heavy atom. The summed E-state index contributed by atoms with van der Waals surface area (Å²) in [7, 11) is 0. The van der Waals surface area contributed by atoms with Crippen molar-refractivity contribution in [2.24, 2.45) is 5.92 Å². The molecule has 3 heterocycles. The predicted octanol–water partition coefficient (Wildman–Crippen LogP) is 3.95. The van der Waals surface area contributed by atoms with Crippen LogP contribution in [0.2, 0.25) is 0 Å². The summed E-state index contributed by atoms with van der Waals surface area (Å²) < 4.78 is 0. The Kier molecular flexibility index (Phi) is 4.75. The second-order valence-electron chi connectivity index (χ2n) is 6.49. The van der Waals surface area contributed by atoms with Gasteiger partial charge in [-0.05, 0) is 37.4 Å². The van der Waals surface area contributed by atoms with E-state index in [0.29, 0.717) is 5.13 Å². The van der Waals surface area contributed by atoms with Gasteiger partial charge in [-0.3, -0.25) is 9.59 Å². The van der Waals surface area contributed by atoms with Crippen molar-refractivity contribution < 1.29 is 9.59 Å². The Morgan fingerprint density at radius 1 is 1.19 bits per heavy atom. The fourth-order valence-corrected chi connectivity index (χ4v) is 4.78. The van der Waals surface area contributed by atoms with Gasteiger partial charge in [0, 0.05) is 17.0 Å². The van der Waals surface area contributed by atoms with E-state index in [1.165, 1.54) is 11.3 Å². The third-order valence-electron chi connectivity index (χ3n) is 4.56. The standard InChI is InChI=1S/C19H18N4O2S2/c1-11-5-7-13(8-6-11)23-16(24)10-14(17(23)15-4-3-9-26-15)18(25)20-19-22-21-12(2)27-19/h3-9,14,17H,10H2,1-2H3,(H,20,22,25)/t14-,17-/m0/s1. The lowest BCUT2D eigenvalue weighted by atomic mass is 9.97. The van der Waals surface area contributed by atoms with Crippen LogP contribution >= 0.6 is 22.7 Å². The summed E-state index contributed by atoms with van der Waals surface area (Å²) in [5.41, 5.74) is 1.94. The number of amides is 2. The van der Waals surface area contributed by atoms with Gasteiger partial charge in [0.25, 0.3) is 0 Å². The number of aryl methyl sites for hydroxylation is 2. The first-order chi connectivity index (χ1) is 13.0. The lowest BCUT2D eigenvalue weighted by molar-refractivity contribution is -0.122. The highest BCUT2D eigenvalue weighted by Gasteiger charge is 2.45. The molecule has 0 radical (unpaired) electrons. The van der Waals surface area contributed by atoms with Crippen LogP contribution in [0.5, 0.6) is 0 Å². The zero-order valence-electron chi connectivity index (χ0n) is 14.9. The second-order valence-corrected chi connectivity index (χ2v) is 8.65. The molecule has 0 spiro atoms. The van der Waals surface area contributed by atoms with Crippen molar-refractivity contribution in [1.29, 1.82) is 0 Å². The summed E-state index contributed by atoms with van der Waals surface area (Å²) in [4.78, 5) is 28.6. The molecule has 2 amide bonds. The first-order valence-corrected chi connectivity index (χ1v) is 10.3. The van der Waals surface area contributed by atoms with E-state index in [-0.39, 0.29) is 24.3 Å². The van der Waals surface area contributed by atoms with Gasteiger partial charge in [-0.25, -0.2) is 0 Å². The predicted molar refractivity (Wildman–Crippen MR) is 107 cm³/mol. The van der Waals surface area contributed by atoms with Gasteiger partial charge in [-0.15, -0.1) is 21.5 Å². The van der Waals surface area contributed by atoms with E-state index in [2.05, 4.69) is 15.5 Å². The molecule has 6 nitrogen and oxygen atoms in total. The maximum Gasteiger partial charge on any atom is 0.232 e. The largest absolute Gasteiger partial charge is 0.303 e. The van der Waals surface area contributed by atoms with Gasteiger partial charge in [0.05, 0.1) is 12.0 Å². The highest BCUT2D eigenvalue weighted by molar-refractivity contribution is 7.15. The lowest BCUT2D eigenvalue weighted by Crippen LogP contribution is -2.31. The molecule has 2 aromatic heterocycles. The van der Waals surface area contributed by atoms with Crippen LogP contribution in [0.4, 0.5) is 10.8 Å². The first-order valence-electron chi connectivity index (χ1n) is 8.56. The zero-order valence-corrected chi connectivity index (χ0v) is 16.5. The monoisotopic (exact) mass is 398 g/mol. The van der Waals surface area contributed by atoms with Crippen LogP contribution in [0.1, 0.15) is 27.9 Å². The summed E-state index contributed by atoms with van der Waals surface area (Å²) in [6.45, 7) is 3.84. The van der Waals surface area contributed by atoms with Crippen molar-refractivity contribution in [3.63, 3.8) is 0 Å². The van der Waals surface area contributed by atoms with E-state index in [0.717, 1.165) is 21.1 Å². The topological polar surface area (TPSA) is 75.2 Å². The third kappa shape index (κ3) is 3.50. The molecule has 0 aliphatic carbocycles. The van der Waals surface area contributed by atoms with Gasteiger partial charge < -0.3 is 10.2 Å². The molecule has 0 saturated carbocycles. The van der Waals surface area contributed by atoms with Crippen molar-refractivity contribution in [3.05, 3.63) is 57.2 Å². The minimum absolute atomic E-state index is 0.0501. The number of rotatable bonds is 4. The molecule has 138 valence electrons. The molecule has 1 saturated heterocycles. The fourth-order valence-electron chi connectivity index (χ4n) is 3.31. The lowest BCUT2D eigenvalue weighted by Gasteiger charge is -2.27. The molecule has 1 N–H and O–H groups in total. The summed E-state index contributed by atoms with van der Waals surface area (Å²) >= 11 is 2.88. The van der Waals surface area contributed by atoms with E-state index in [1.807, 2.05) is 55.6 Å². The third-order valence-corrected chi connectivity index (χ3v) is 6.26. The molecule has 4 rings (SSSR count). The van der Waals surface area contributed by atoms with Crippen molar-refractivity contribution in [3.8, 4) is 0 Å². The van der Waals surface area contributed by atoms with Crippen LogP contribution in [0.3, 0.4) is 0 Å². The maximum absolute atomic E-state index is 13.0. The molecule has 1 aromatic carbocycles. The molecular weight excluding hydrogens is 380 g/mol. The summed E-state index contributed by atoms with van der Waals surface area (Å²) in [6.07, 6.45) is 0.167. The average molecular weight is 399 g/mol. The van der Waals surface area contributed by atoms with Crippen LogP contribution in [-0.2, 0) is 9.59 Å². The molecule has 8 heteroatoms. The smallest absolute Gasteiger partial charge is 0.232 e. The number of thiophene rings is 1. The summed E-state index contributed by atoms with van der Waals surface area (Å²) in [6, 6.07) is 11.4. The molecule has 0 bridgehead atoms. The highest BCUT2D eigenvalue weighted by Crippen LogP contribution is 2.43. The summed E-state index contributed by atoms with van der Waals surface area (Å²) in [5, 5.41) is 13.9. The molecule has 3 aromatic rings. The van der Waals surface area contributed by atoms with Crippen LogP contribution in [0.25, 0.3) is 0 Å². The zero-order chi connectivity index (χ0) is 19.0. The molecule has 1 aliphatic heterocycles. The van der Waals surface area contributed by atoms with Crippen LogP contribution < -0.4 is 10.2 Å². The van der Waals surface area contributed by atoms with Crippen molar-refractivity contribution >= 4 is 45.3 Å². The van der Waals surface area contributed by atoms with Gasteiger partial charge in [0.2, 0.25) is 16.9 Å². The number of aromatic nitrogens is 2. The van der Waals surface area contributed by atoms with Gasteiger partial charge in [0.15, 0.2) is 0 Å². The highest BCUT2D eigenvalue weighted by atomic mass is 32.1. The van der Waals surface area contributed by atoms with E-state index >= 15 is 0 Å². The number of hydrogen-bond acceptors (Lipinski definition) is 6. The Hall–Kier alpha value is -2.58. The number of hydrogen-bond donors (Lipinski definition) is 1. The van der Waals surface area contributed by atoms with E-state index < -0.39 is 5.92 Å². The number of anilines is 2. The molecule has 0 unspecified atom stereocenters. The van der Waals surface area contributed by atoms with Crippen molar-refractivity contribution in [1.82, 2.24) is 10.2 Å². The van der Waals surface area contributed by atoms with Crippen LogP contribution in [0, 0.1) is 19.8 Å². The van der Waals surface area contributed by atoms with Crippen molar-refractivity contribution in [2.45, 2.75) is 26.3 Å². The van der Waals surface area contributed by atoms with Gasteiger partial charge in [-0.1, -0.05) is 35.1 Å². The first kappa shape index (κ1) is 17.8. The van der Waals surface area contributed by atoms with Gasteiger partial charge in [0.1, 0.15) is 5.01 Å². The summed E-state index contributed by atoms with van der Waals surface area (Å²) in [5.74, 6) is -0.736. The number of nitrogens with one attached hydrogen (secondary N) is 1. The van der Waals surface area contributed by atoms with Gasteiger partial charge >= 0.3 is 0 Å². The Morgan fingerprint density at radius 3 is 2.59 bits per heavy atom. The average Bonchev–Trinajstić information content (AvgIpc) is 3.36. The van der Waals surface area contributed by atoms with Gasteiger partial charge in [-0.2, -0.15) is 0 Å². The van der Waals surface area contributed by atoms with E-state index in [1.54, 1.807) is 16.2 Å². The molecule has 1 aliphatic rings. The second kappa shape index (κ2) is 7.21. The fraction of sp³-hybridized carbons (Fsp3) is 0.263. The molecule has 27 heavy (non-hydrogen) atoms. The molecule has 1 fully saturated rings. The Balaban J connectivity index is 1.67. The van der Waals surface area contributed by atoms with E-state index in [4.69, 9.17) is 0 Å². The Labute approximate surface area is 164 Å². The molecular formula is C19H18N4O2S2. The molecule has 2 atom stereocenters. The van der Waals surface area contributed by atoms with Crippen LogP contribution in [-0.4, -0.2) is 22.0 Å². The number of carbonyl (C=O) groups is 2. The minimum atomic E-state index is -0.485. The normalized spacial score (nSPS) is 19.5. The van der Waals surface area contributed by atoms with E-state index in [9.17, 15) is 9.59 Å².